The fourth-order valence-corrected chi connectivity index (χ4v) is 1.31. The van der Waals surface area contributed by atoms with E-state index in [0.717, 1.165) is 12.1 Å². The Hall–Kier alpha value is -2.08. The summed E-state index contributed by atoms with van der Waals surface area (Å²) in [7, 11) is 0. The Labute approximate surface area is 82.0 Å². The van der Waals surface area contributed by atoms with Gasteiger partial charge in [0.2, 0.25) is 5.82 Å². The number of nitrogens with zero attached hydrogens (tertiary/aromatic N) is 2. The van der Waals surface area contributed by atoms with E-state index in [1.54, 1.807) is 6.20 Å². The first kappa shape index (κ1) is 8.52. The number of aromatic nitrogens is 2. The van der Waals surface area contributed by atoms with Gasteiger partial charge in [-0.2, -0.15) is 5.26 Å². The predicted molar refractivity (Wildman–Crippen MR) is 52.6 cm³/mol. The lowest BCUT2D eigenvalue weighted by Crippen LogP contribution is -1.87. The maximum Gasteiger partial charge on any atom is 0.210 e. The lowest BCUT2D eigenvalue weighted by atomic mass is 10.1. The second kappa shape index (κ2) is 3.75. The Morgan fingerprint density at radius 2 is 2.07 bits per heavy atom. The van der Waals surface area contributed by atoms with Gasteiger partial charge in [-0.3, -0.25) is 0 Å². The minimum Gasteiger partial charge on any atom is -0.336 e. The highest BCUT2D eigenvalue weighted by Crippen LogP contribution is 2.06. The smallest absolute Gasteiger partial charge is 0.210 e. The molecular formula is C11H9N3. The first-order valence-electron chi connectivity index (χ1n) is 4.37. The van der Waals surface area contributed by atoms with Gasteiger partial charge in [0.15, 0.2) is 0 Å². The van der Waals surface area contributed by atoms with Crippen LogP contribution in [0.25, 0.3) is 0 Å². The maximum absolute atomic E-state index is 8.57. The molecule has 0 aliphatic heterocycles. The molecule has 2 rings (SSSR count). The highest BCUT2D eigenvalue weighted by atomic mass is 14.9. The molecule has 0 unspecified atom stereocenters. The van der Waals surface area contributed by atoms with Crippen LogP contribution < -0.4 is 0 Å². The van der Waals surface area contributed by atoms with Gasteiger partial charge in [0, 0.05) is 12.6 Å². The topological polar surface area (TPSA) is 52.5 Å². The monoisotopic (exact) mass is 183 g/mol. The largest absolute Gasteiger partial charge is 0.336 e. The average Bonchev–Trinajstić information content (AvgIpc) is 2.67. The number of aromatic amines is 1. The summed E-state index contributed by atoms with van der Waals surface area (Å²) in [5.41, 5.74) is 2.09. The highest BCUT2D eigenvalue weighted by molar-refractivity contribution is 5.22. The molecule has 3 heteroatoms. The van der Waals surface area contributed by atoms with Crippen LogP contribution >= 0.6 is 0 Å². The Bertz CT molecular complexity index is 451. The van der Waals surface area contributed by atoms with Gasteiger partial charge in [-0.05, 0) is 5.56 Å². The van der Waals surface area contributed by atoms with Crippen LogP contribution in [0, 0.1) is 11.3 Å². The second-order valence-electron chi connectivity index (χ2n) is 3.01. The number of nitrogens with one attached hydrogen (secondary N) is 1. The van der Waals surface area contributed by atoms with E-state index in [9.17, 15) is 0 Å². The molecular weight excluding hydrogens is 174 g/mol. The van der Waals surface area contributed by atoms with E-state index in [-0.39, 0.29) is 0 Å². The van der Waals surface area contributed by atoms with E-state index < -0.39 is 0 Å². The number of rotatable bonds is 2. The number of hydrogen-bond acceptors (Lipinski definition) is 2. The Morgan fingerprint density at radius 1 is 1.29 bits per heavy atom. The molecule has 0 amide bonds. The van der Waals surface area contributed by atoms with Crippen molar-refractivity contribution in [3.8, 4) is 6.07 Å². The van der Waals surface area contributed by atoms with Crippen LogP contribution in [-0.2, 0) is 6.42 Å². The summed E-state index contributed by atoms with van der Waals surface area (Å²) in [5, 5.41) is 8.57. The number of H-pyrrole nitrogens is 1. The molecule has 3 nitrogen and oxygen atoms in total. The van der Waals surface area contributed by atoms with Crippen molar-refractivity contribution in [3.05, 3.63) is 53.6 Å². The van der Waals surface area contributed by atoms with Gasteiger partial charge in [-0.15, -0.1) is 0 Å². The first-order chi connectivity index (χ1) is 6.88. The van der Waals surface area contributed by atoms with Crippen molar-refractivity contribution in [2.24, 2.45) is 0 Å². The zero-order chi connectivity index (χ0) is 9.80. The molecule has 0 radical (unpaired) electrons. The fourth-order valence-electron chi connectivity index (χ4n) is 1.31. The van der Waals surface area contributed by atoms with Crippen LogP contribution in [0.3, 0.4) is 0 Å². The van der Waals surface area contributed by atoms with Gasteiger partial charge < -0.3 is 4.98 Å². The average molecular weight is 183 g/mol. The number of benzene rings is 1. The molecule has 0 aliphatic rings. The molecule has 0 spiro atoms. The van der Waals surface area contributed by atoms with Gasteiger partial charge in [-0.25, -0.2) is 4.98 Å². The predicted octanol–water partition coefficient (Wildman–Crippen LogP) is 1.87. The van der Waals surface area contributed by atoms with Crippen LogP contribution in [0.5, 0.6) is 0 Å². The molecule has 1 heterocycles. The van der Waals surface area contributed by atoms with Crippen LogP contribution in [-0.4, -0.2) is 9.97 Å². The Balaban J connectivity index is 2.16. The summed E-state index contributed by atoms with van der Waals surface area (Å²) < 4.78 is 0. The van der Waals surface area contributed by atoms with Crippen molar-refractivity contribution < 1.29 is 0 Å². The zero-order valence-corrected chi connectivity index (χ0v) is 7.57. The summed E-state index contributed by atoms with van der Waals surface area (Å²) in [4.78, 5) is 6.91. The number of hydrogen-bond donors (Lipinski definition) is 1. The molecule has 0 atom stereocenters. The van der Waals surface area contributed by atoms with Crippen molar-refractivity contribution in [1.82, 2.24) is 9.97 Å². The summed E-state index contributed by atoms with van der Waals surface area (Å²) in [6, 6.07) is 12.0. The highest BCUT2D eigenvalue weighted by Gasteiger charge is 2.00. The van der Waals surface area contributed by atoms with E-state index in [0.29, 0.717) is 5.82 Å². The first-order valence-corrected chi connectivity index (χ1v) is 4.37. The summed E-state index contributed by atoms with van der Waals surface area (Å²) in [6.07, 6.45) is 2.53. The molecule has 2 aromatic rings. The minimum absolute atomic E-state index is 0.371. The minimum atomic E-state index is 0.371. The van der Waals surface area contributed by atoms with Gasteiger partial charge >= 0.3 is 0 Å². The third-order valence-electron chi connectivity index (χ3n) is 1.96. The molecule has 1 N–H and O–H groups in total. The van der Waals surface area contributed by atoms with Gasteiger partial charge in [0.25, 0.3) is 0 Å². The molecule has 0 bridgehead atoms. The second-order valence-corrected chi connectivity index (χ2v) is 3.01. The van der Waals surface area contributed by atoms with Crippen molar-refractivity contribution >= 4 is 0 Å². The SMILES string of the molecule is N#Cc1nc(Cc2ccccc2)c[nH]1. The number of nitriles is 1. The van der Waals surface area contributed by atoms with Crippen molar-refractivity contribution in [1.29, 1.82) is 5.26 Å². The summed E-state index contributed by atoms with van der Waals surface area (Å²) >= 11 is 0. The van der Waals surface area contributed by atoms with Gasteiger partial charge in [0.1, 0.15) is 6.07 Å². The molecule has 14 heavy (non-hydrogen) atoms. The lowest BCUT2D eigenvalue weighted by molar-refractivity contribution is 1.09. The summed E-state index contributed by atoms with van der Waals surface area (Å²) in [5.74, 6) is 0.371. The van der Waals surface area contributed by atoms with Crippen LogP contribution in [0.4, 0.5) is 0 Å². The van der Waals surface area contributed by atoms with Crippen LogP contribution in [0.15, 0.2) is 36.5 Å². The maximum atomic E-state index is 8.57. The molecule has 68 valence electrons. The van der Waals surface area contributed by atoms with Crippen molar-refractivity contribution in [2.45, 2.75) is 6.42 Å². The molecule has 0 saturated carbocycles. The molecule has 1 aromatic heterocycles. The third-order valence-corrected chi connectivity index (χ3v) is 1.96. The van der Waals surface area contributed by atoms with E-state index in [1.807, 2.05) is 36.4 Å². The number of imidazole rings is 1. The third kappa shape index (κ3) is 1.80. The molecule has 0 saturated heterocycles. The zero-order valence-electron chi connectivity index (χ0n) is 7.57. The van der Waals surface area contributed by atoms with Crippen molar-refractivity contribution in [3.63, 3.8) is 0 Å². The molecule has 1 aromatic carbocycles. The quantitative estimate of drug-likeness (QED) is 0.772. The fraction of sp³-hybridized carbons (Fsp3) is 0.0909. The van der Waals surface area contributed by atoms with Gasteiger partial charge in [0.05, 0.1) is 5.69 Å². The summed E-state index contributed by atoms with van der Waals surface area (Å²) in [6.45, 7) is 0. The van der Waals surface area contributed by atoms with Crippen molar-refractivity contribution in [2.75, 3.05) is 0 Å². The van der Waals surface area contributed by atoms with Crippen LogP contribution in [0.1, 0.15) is 17.1 Å². The van der Waals surface area contributed by atoms with Gasteiger partial charge in [-0.1, -0.05) is 30.3 Å². The molecule has 0 aliphatic carbocycles. The normalized spacial score (nSPS) is 9.64. The lowest BCUT2D eigenvalue weighted by Gasteiger charge is -1.95. The van der Waals surface area contributed by atoms with E-state index in [2.05, 4.69) is 9.97 Å². The van der Waals surface area contributed by atoms with E-state index in [4.69, 9.17) is 5.26 Å². The Kier molecular flexibility index (Phi) is 2.28. The van der Waals surface area contributed by atoms with E-state index in [1.165, 1.54) is 5.56 Å². The van der Waals surface area contributed by atoms with Crippen LogP contribution in [0.2, 0.25) is 0 Å². The molecule has 0 fully saturated rings. The Morgan fingerprint density at radius 3 is 2.71 bits per heavy atom. The standard InChI is InChI=1S/C11H9N3/c12-7-11-13-8-10(14-11)6-9-4-2-1-3-5-9/h1-5,8H,6H2,(H,13,14). The van der Waals surface area contributed by atoms with E-state index >= 15 is 0 Å².